The second kappa shape index (κ2) is 8.28. The Labute approximate surface area is 149 Å². The van der Waals surface area contributed by atoms with Crippen LogP contribution in [0.1, 0.15) is 36.1 Å². The highest BCUT2D eigenvalue weighted by Gasteiger charge is 2.23. The summed E-state index contributed by atoms with van der Waals surface area (Å²) in [6, 6.07) is 16.3. The van der Waals surface area contributed by atoms with Crippen molar-refractivity contribution in [1.82, 2.24) is 10.6 Å². The molecule has 0 bridgehead atoms. The summed E-state index contributed by atoms with van der Waals surface area (Å²) >= 11 is 0. The van der Waals surface area contributed by atoms with Gasteiger partial charge in [-0.3, -0.25) is 4.79 Å². The van der Waals surface area contributed by atoms with Crippen LogP contribution in [0.25, 0.3) is 0 Å². The summed E-state index contributed by atoms with van der Waals surface area (Å²) in [5.74, 6) is 0.0571. The van der Waals surface area contributed by atoms with Crippen molar-refractivity contribution in [2.24, 2.45) is 0 Å². The van der Waals surface area contributed by atoms with Gasteiger partial charge in [0.15, 0.2) is 0 Å². The molecule has 2 aromatic carbocycles. The van der Waals surface area contributed by atoms with E-state index >= 15 is 0 Å². The number of carbonyl (C=O) groups excluding carboxylic acids is 1. The topological polar surface area (TPSA) is 50.4 Å². The van der Waals surface area contributed by atoms with E-state index in [0.29, 0.717) is 13.2 Å². The van der Waals surface area contributed by atoms with E-state index in [9.17, 15) is 4.79 Å². The zero-order chi connectivity index (χ0) is 17.6. The standard InChI is InChI=1S/C21H26N2O2/c1-15(2)25-14-17-9-7-16(8-10-17)12-23-21(24)20-11-18-5-3-4-6-19(18)13-22-20/h3-10,15,20,22H,11-14H2,1-2H3,(H,23,24)/t20-/m1/s1. The molecule has 1 aliphatic rings. The van der Waals surface area contributed by atoms with E-state index in [1.807, 2.05) is 38.1 Å². The molecular weight excluding hydrogens is 312 g/mol. The van der Waals surface area contributed by atoms with Gasteiger partial charge in [0.1, 0.15) is 0 Å². The van der Waals surface area contributed by atoms with E-state index in [1.165, 1.54) is 11.1 Å². The summed E-state index contributed by atoms with van der Waals surface area (Å²) in [4.78, 5) is 12.4. The van der Waals surface area contributed by atoms with Gasteiger partial charge in [0, 0.05) is 13.1 Å². The van der Waals surface area contributed by atoms with Gasteiger partial charge in [-0.1, -0.05) is 48.5 Å². The van der Waals surface area contributed by atoms with E-state index in [-0.39, 0.29) is 18.1 Å². The molecule has 4 heteroatoms. The fourth-order valence-electron chi connectivity index (χ4n) is 2.97. The SMILES string of the molecule is CC(C)OCc1ccc(CNC(=O)[C@H]2Cc3ccccc3CN2)cc1. The first-order chi connectivity index (χ1) is 12.1. The summed E-state index contributed by atoms with van der Waals surface area (Å²) in [7, 11) is 0. The van der Waals surface area contributed by atoms with Crippen LogP contribution in [0, 0.1) is 0 Å². The first kappa shape index (κ1) is 17.6. The number of rotatable bonds is 6. The Hall–Kier alpha value is -2.17. The highest BCUT2D eigenvalue weighted by Crippen LogP contribution is 2.16. The van der Waals surface area contributed by atoms with Crippen LogP contribution in [0.5, 0.6) is 0 Å². The van der Waals surface area contributed by atoms with Gasteiger partial charge < -0.3 is 15.4 Å². The van der Waals surface area contributed by atoms with Gasteiger partial charge in [-0.2, -0.15) is 0 Å². The molecule has 0 radical (unpaired) electrons. The van der Waals surface area contributed by atoms with Crippen molar-refractivity contribution in [3.8, 4) is 0 Å². The lowest BCUT2D eigenvalue weighted by atomic mass is 9.95. The van der Waals surface area contributed by atoms with Crippen LogP contribution in [-0.4, -0.2) is 18.1 Å². The van der Waals surface area contributed by atoms with Crippen molar-refractivity contribution in [3.05, 3.63) is 70.8 Å². The molecule has 2 N–H and O–H groups in total. The minimum Gasteiger partial charge on any atom is -0.374 e. The summed E-state index contributed by atoms with van der Waals surface area (Å²) in [5.41, 5.74) is 4.79. The third kappa shape index (κ3) is 4.91. The number of amides is 1. The molecule has 4 nitrogen and oxygen atoms in total. The second-order valence-electron chi connectivity index (χ2n) is 6.80. The van der Waals surface area contributed by atoms with E-state index in [4.69, 9.17) is 4.74 Å². The van der Waals surface area contributed by atoms with Crippen LogP contribution in [-0.2, 0) is 35.6 Å². The quantitative estimate of drug-likeness (QED) is 0.851. The number of ether oxygens (including phenoxy) is 1. The number of benzene rings is 2. The van der Waals surface area contributed by atoms with Gasteiger partial charge in [-0.25, -0.2) is 0 Å². The maximum atomic E-state index is 12.4. The monoisotopic (exact) mass is 338 g/mol. The molecule has 1 atom stereocenters. The predicted octanol–water partition coefficient (Wildman–Crippen LogP) is 2.94. The fourth-order valence-corrected chi connectivity index (χ4v) is 2.97. The molecule has 0 fully saturated rings. The average Bonchev–Trinajstić information content (AvgIpc) is 2.64. The Kier molecular flexibility index (Phi) is 5.84. The van der Waals surface area contributed by atoms with Gasteiger partial charge in [0.25, 0.3) is 0 Å². The fraction of sp³-hybridized carbons (Fsp3) is 0.381. The smallest absolute Gasteiger partial charge is 0.237 e. The van der Waals surface area contributed by atoms with Crippen molar-refractivity contribution in [3.63, 3.8) is 0 Å². The number of hydrogen-bond donors (Lipinski definition) is 2. The van der Waals surface area contributed by atoms with Crippen LogP contribution in [0.2, 0.25) is 0 Å². The first-order valence-corrected chi connectivity index (χ1v) is 8.89. The van der Waals surface area contributed by atoms with E-state index < -0.39 is 0 Å². The molecule has 0 aromatic heterocycles. The molecule has 1 heterocycles. The molecule has 0 unspecified atom stereocenters. The molecule has 3 rings (SSSR count). The van der Waals surface area contributed by atoms with Gasteiger partial charge >= 0.3 is 0 Å². The Morgan fingerprint density at radius 1 is 1.12 bits per heavy atom. The summed E-state index contributed by atoms with van der Waals surface area (Å²) in [6.45, 7) is 5.97. The Morgan fingerprint density at radius 2 is 1.80 bits per heavy atom. The molecule has 0 aliphatic carbocycles. The minimum absolute atomic E-state index is 0.0571. The summed E-state index contributed by atoms with van der Waals surface area (Å²) in [5, 5.41) is 6.36. The minimum atomic E-state index is -0.159. The highest BCUT2D eigenvalue weighted by atomic mass is 16.5. The number of carbonyl (C=O) groups is 1. The second-order valence-corrected chi connectivity index (χ2v) is 6.80. The van der Waals surface area contributed by atoms with E-state index in [2.05, 4.69) is 34.9 Å². The molecule has 25 heavy (non-hydrogen) atoms. The van der Waals surface area contributed by atoms with E-state index in [1.54, 1.807) is 0 Å². The molecule has 0 saturated heterocycles. The first-order valence-electron chi connectivity index (χ1n) is 8.89. The van der Waals surface area contributed by atoms with Crippen molar-refractivity contribution in [2.45, 2.75) is 52.1 Å². The summed E-state index contributed by atoms with van der Waals surface area (Å²) in [6.07, 6.45) is 0.972. The number of hydrogen-bond acceptors (Lipinski definition) is 3. The third-order valence-corrected chi connectivity index (χ3v) is 4.47. The van der Waals surface area contributed by atoms with Crippen molar-refractivity contribution in [2.75, 3.05) is 0 Å². The predicted molar refractivity (Wildman–Crippen MR) is 99.0 cm³/mol. The van der Waals surface area contributed by atoms with Gasteiger partial charge in [0.05, 0.1) is 18.8 Å². The van der Waals surface area contributed by atoms with Crippen LogP contribution >= 0.6 is 0 Å². The molecule has 1 aliphatic heterocycles. The lowest BCUT2D eigenvalue weighted by molar-refractivity contribution is -0.123. The molecule has 2 aromatic rings. The molecular formula is C21H26N2O2. The Bertz CT molecular complexity index is 710. The van der Waals surface area contributed by atoms with Crippen molar-refractivity contribution < 1.29 is 9.53 Å². The Morgan fingerprint density at radius 3 is 2.52 bits per heavy atom. The average molecular weight is 338 g/mol. The van der Waals surface area contributed by atoms with Crippen LogP contribution in [0.15, 0.2) is 48.5 Å². The molecule has 1 amide bonds. The maximum absolute atomic E-state index is 12.4. The molecule has 132 valence electrons. The normalized spacial score (nSPS) is 16.5. The third-order valence-electron chi connectivity index (χ3n) is 4.47. The Balaban J connectivity index is 1.49. The number of nitrogens with one attached hydrogen (secondary N) is 2. The van der Waals surface area contributed by atoms with Crippen LogP contribution in [0.4, 0.5) is 0 Å². The maximum Gasteiger partial charge on any atom is 0.237 e. The molecule has 0 saturated carbocycles. The van der Waals surface area contributed by atoms with Crippen LogP contribution in [0.3, 0.4) is 0 Å². The van der Waals surface area contributed by atoms with Crippen molar-refractivity contribution >= 4 is 5.91 Å². The number of fused-ring (bicyclic) bond motifs is 1. The highest BCUT2D eigenvalue weighted by molar-refractivity contribution is 5.82. The lowest BCUT2D eigenvalue weighted by Gasteiger charge is -2.25. The van der Waals surface area contributed by atoms with Crippen molar-refractivity contribution in [1.29, 1.82) is 0 Å². The lowest BCUT2D eigenvalue weighted by Crippen LogP contribution is -2.47. The van der Waals surface area contributed by atoms with Gasteiger partial charge in [-0.15, -0.1) is 0 Å². The summed E-state index contributed by atoms with van der Waals surface area (Å²) < 4.78 is 5.60. The zero-order valence-electron chi connectivity index (χ0n) is 14.9. The largest absolute Gasteiger partial charge is 0.374 e. The van der Waals surface area contributed by atoms with Gasteiger partial charge in [0.2, 0.25) is 5.91 Å². The van der Waals surface area contributed by atoms with Crippen LogP contribution < -0.4 is 10.6 Å². The van der Waals surface area contributed by atoms with E-state index in [0.717, 1.165) is 24.1 Å². The molecule has 0 spiro atoms. The zero-order valence-corrected chi connectivity index (χ0v) is 14.9. The van der Waals surface area contributed by atoms with Gasteiger partial charge in [-0.05, 0) is 42.5 Å².